The van der Waals surface area contributed by atoms with Gasteiger partial charge < -0.3 is 5.32 Å². The minimum Gasteiger partial charge on any atom is -0.338 e. The molecule has 1 aliphatic rings. The number of aromatic nitrogens is 1. The second-order valence-corrected chi connectivity index (χ2v) is 5.01. The van der Waals surface area contributed by atoms with Gasteiger partial charge in [-0.05, 0) is 29.3 Å². The molecule has 0 saturated carbocycles. The summed E-state index contributed by atoms with van der Waals surface area (Å²) in [6.07, 6.45) is 0.974. The molecule has 0 aliphatic carbocycles. The third kappa shape index (κ3) is 1.76. The standard InChI is InChI=1S/C8H10BrN3OS/c1-5-6(9)11-8(14-5)12-4-2-3-10-7(12)13/h2-4H2,1H3,(H,10,13). The normalized spacial score (nSPS) is 17.0. The fraction of sp³-hybridized carbons (Fsp3) is 0.500. The summed E-state index contributed by atoms with van der Waals surface area (Å²) in [4.78, 5) is 18.5. The van der Waals surface area contributed by atoms with Crippen molar-refractivity contribution in [2.75, 3.05) is 18.0 Å². The molecule has 76 valence electrons. The Kier molecular flexibility index (Phi) is 2.73. The highest BCUT2D eigenvalue weighted by Crippen LogP contribution is 2.29. The lowest BCUT2D eigenvalue weighted by Crippen LogP contribution is -2.46. The van der Waals surface area contributed by atoms with E-state index < -0.39 is 0 Å². The molecule has 1 aliphatic heterocycles. The Hall–Kier alpha value is -0.620. The van der Waals surface area contributed by atoms with Crippen LogP contribution in [0.1, 0.15) is 11.3 Å². The van der Waals surface area contributed by atoms with Crippen LogP contribution in [0.25, 0.3) is 0 Å². The van der Waals surface area contributed by atoms with Gasteiger partial charge in [-0.2, -0.15) is 0 Å². The van der Waals surface area contributed by atoms with Crippen LogP contribution in [0.3, 0.4) is 0 Å². The molecular formula is C8H10BrN3OS. The average molecular weight is 276 g/mol. The summed E-state index contributed by atoms with van der Waals surface area (Å²) >= 11 is 4.88. The van der Waals surface area contributed by atoms with Crippen LogP contribution in [0.2, 0.25) is 0 Å². The number of hydrogen-bond acceptors (Lipinski definition) is 3. The Labute approximate surface area is 94.4 Å². The molecule has 0 bridgehead atoms. The summed E-state index contributed by atoms with van der Waals surface area (Å²) in [6, 6.07) is -0.0440. The quantitative estimate of drug-likeness (QED) is 0.854. The molecule has 0 spiro atoms. The van der Waals surface area contributed by atoms with E-state index in [1.807, 2.05) is 6.92 Å². The van der Waals surface area contributed by atoms with Crippen molar-refractivity contribution < 1.29 is 4.79 Å². The molecule has 14 heavy (non-hydrogen) atoms. The van der Waals surface area contributed by atoms with Gasteiger partial charge in [-0.1, -0.05) is 0 Å². The van der Waals surface area contributed by atoms with Crippen molar-refractivity contribution in [3.05, 3.63) is 9.48 Å². The third-order valence-corrected chi connectivity index (χ3v) is 4.07. The highest BCUT2D eigenvalue weighted by atomic mass is 79.9. The van der Waals surface area contributed by atoms with Gasteiger partial charge in [-0.15, -0.1) is 11.3 Å². The summed E-state index contributed by atoms with van der Waals surface area (Å²) in [7, 11) is 0. The fourth-order valence-electron chi connectivity index (χ4n) is 1.29. The van der Waals surface area contributed by atoms with Crippen LogP contribution >= 0.6 is 27.3 Å². The smallest absolute Gasteiger partial charge is 0.323 e. The van der Waals surface area contributed by atoms with E-state index in [0.717, 1.165) is 34.1 Å². The Morgan fingerprint density at radius 3 is 3.00 bits per heavy atom. The molecule has 0 atom stereocenters. The highest BCUT2D eigenvalue weighted by Gasteiger charge is 2.22. The number of urea groups is 1. The van der Waals surface area contributed by atoms with Gasteiger partial charge in [0.1, 0.15) is 4.60 Å². The van der Waals surface area contributed by atoms with Gasteiger partial charge in [-0.3, -0.25) is 4.90 Å². The minimum absolute atomic E-state index is 0.0440. The maximum atomic E-state index is 11.5. The molecule has 4 nitrogen and oxygen atoms in total. The van der Waals surface area contributed by atoms with Crippen molar-refractivity contribution in [2.45, 2.75) is 13.3 Å². The van der Waals surface area contributed by atoms with Crippen LogP contribution in [0.5, 0.6) is 0 Å². The zero-order valence-electron chi connectivity index (χ0n) is 7.71. The van der Waals surface area contributed by atoms with E-state index in [4.69, 9.17) is 0 Å². The first-order valence-electron chi connectivity index (χ1n) is 4.37. The second-order valence-electron chi connectivity index (χ2n) is 3.08. The summed E-state index contributed by atoms with van der Waals surface area (Å²) in [5.41, 5.74) is 0. The van der Waals surface area contributed by atoms with Crippen molar-refractivity contribution in [2.24, 2.45) is 0 Å². The van der Waals surface area contributed by atoms with Gasteiger partial charge in [0.05, 0.1) is 0 Å². The molecule has 6 heteroatoms. The van der Waals surface area contributed by atoms with E-state index >= 15 is 0 Å². The van der Waals surface area contributed by atoms with Gasteiger partial charge in [0.25, 0.3) is 0 Å². The van der Waals surface area contributed by atoms with Gasteiger partial charge in [0.2, 0.25) is 0 Å². The predicted octanol–water partition coefficient (Wildman–Crippen LogP) is 2.13. The van der Waals surface area contributed by atoms with E-state index in [-0.39, 0.29) is 6.03 Å². The number of carbonyl (C=O) groups is 1. The lowest BCUT2D eigenvalue weighted by atomic mass is 10.3. The average Bonchev–Trinajstić information content (AvgIpc) is 2.48. The van der Waals surface area contributed by atoms with E-state index in [2.05, 4.69) is 26.2 Å². The second kappa shape index (κ2) is 3.86. The molecule has 1 fully saturated rings. The van der Waals surface area contributed by atoms with Crippen molar-refractivity contribution in [3.63, 3.8) is 0 Å². The number of amides is 2. The SMILES string of the molecule is Cc1sc(N2CCCNC2=O)nc1Br. The van der Waals surface area contributed by atoms with Crippen molar-refractivity contribution in [3.8, 4) is 0 Å². The molecule has 1 aromatic rings. The number of nitrogens with zero attached hydrogens (tertiary/aromatic N) is 2. The number of halogens is 1. The zero-order chi connectivity index (χ0) is 10.1. The van der Waals surface area contributed by atoms with E-state index in [9.17, 15) is 4.79 Å². The lowest BCUT2D eigenvalue weighted by molar-refractivity contribution is 0.243. The Morgan fingerprint density at radius 1 is 1.64 bits per heavy atom. The maximum absolute atomic E-state index is 11.5. The lowest BCUT2D eigenvalue weighted by Gasteiger charge is -2.24. The van der Waals surface area contributed by atoms with Crippen LogP contribution in [0.4, 0.5) is 9.93 Å². The maximum Gasteiger partial charge on any atom is 0.323 e. The third-order valence-electron chi connectivity index (χ3n) is 2.04. The highest BCUT2D eigenvalue weighted by molar-refractivity contribution is 9.10. The van der Waals surface area contributed by atoms with Crippen LogP contribution < -0.4 is 10.2 Å². The predicted molar refractivity (Wildman–Crippen MR) is 59.9 cm³/mol. The number of thiazole rings is 1. The fourth-order valence-corrected chi connectivity index (χ4v) is 2.65. The Morgan fingerprint density at radius 2 is 2.43 bits per heavy atom. The first kappa shape index (κ1) is 9.92. The number of nitrogens with one attached hydrogen (secondary N) is 1. The number of hydrogen-bond donors (Lipinski definition) is 1. The van der Waals surface area contributed by atoms with Crippen molar-refractivity contribution in [1.29, 1.82) is 0 Å². The van der Waals surface area contributed by atoms with Crippen LogP contribution in [0, 0.1) is 6.92 Å². The molecule has 1 saturated heterocycles. The monoisotopic (exact) mass is 275 g/mol. The number of carbonyl (C=O) groups excluding carboxylic acids is 1. The molecule has 2 amide bonds. The Balaban J connectivity index is 2.24. The summed E-state index contributed by atoms with van der Waals surface area (Å²) in [5.74, 6) is 0. The molecule has 1 N–H and O–H groups in total. The molecule has 1 aromatic heterocycles. The number of rotatable bonds is 1. The van der Waals surface area contributed by atoms with Gasteiger partial charge in [-0.25, -0.2) is 9.78 Å². The van der Waals surface area contributed by atoms with Gasteiger partial charge >= 0.3 is 6.03 Å². The van der Waals surface area contributed by atoms with Crippen LogP contribution in [0.15, 0.2) is 4.60 Å². The first-order valence-corrected chi connectivity index (χ1v) is 5.98. The molecular weight excluding hydrogens is 266 g/mol. The topological polar surface area (TPSA) is 45.2 Å². The van der Waals surface area contributed by atoms with E-state index in [1.54, 1.807) is 4.90 Å². The zero-order valence-corrected chi connectivity index (χ0v) is 10.1. The molecule has 2 rings (SSSR count). The Bertz CT molecular complexity index is 346. The molecule has 2 heterocycles. The van der Waals surface area contributed by atoms with E-state index in [1.165, 1.54) is 11.3 Å². The first-order chi connectivity index (χ1) is 6.68. The number of anilines is 1. The molecule has 0 unspecified atom stereocenters. The summed E-state index contributed by atoms with van der Waals surface area (Å²) in [6.45, 7) is 3.50. The van der Waals surface area contributed by atoms with Crippen molar-refractivity contribution >= 4 is 38.4 Å². The molecule has 0 radical (unpaired) electrons. The van der Waals surface area contributed by atoms with Gasteiger partial charge in [0.15, 0.2) is 5.13 Å². The van der Waals surface area contributed by atoms with E-state index in [0.29, 0.717) is 0 Å². The summed E-state index contributed by atoms with van der Waals surface area (Å²) < 4.78 is 0.830. The number of aryl methyl sites for hydroxylation is 1. The molecule has 0 aromatic carbocycles. The van der Waals surface area contributed by atoms with Gasteiger partial charge in [0, 0.05) is 18.0 Å². The largest absolute Gasteiger partial charge is 0.338 e. The summed E-state index contributed by atoms with van der Waals surface area (Å²) in [5, 5.41) is 3.57. The van der Waals surface area contributed by atoms with Crippen LogP contribution in [-0.4, -0.2) is 24.1 Å². The minimum atomic E-state index is -0.0440. The van der Waals surface area contributed by atoms with Crippen molar-refractivity contribution in [1.82, 2.24) is 10.3 Å². The van der Waals surface area contributed by atoms with Crippen LogP contribution in [-0.2, 0) is 0 Å².